The van der Waals surface area contributed by atoms with Crippen molar-refractivity contribution in [2.75, 3.05) is 11.9 Å². The average Bonchev–Trinajstić information content (AvgIpc) is 2.64. The van der Waals surface area contributed by atoms with E-state index in [9.17, 15) is 0 Å². The van der Waals surface area contributed by atoms with E-state index in [1.54, 1.807) is 6.26 Å². The Morgan fingerprint density at radius 2 is 2.33 bits per heavy atom. The second kappa shape index (κ2) is 2.03. The molecule has 1 aromatic carbocycles. The Labute approximate surface area is 70.2 Å². The molecule has 2 heteroatoms. The molecule has 1 aliphatic heterocycles. The number of furan rings is 1. The van der Waals surface area contributed by atoms with Gasteiger partial charge in [0.25, 0.3) is 0 Å². The standard InChI is InChI=1S/C10H9NO/c1-3-11-9-6-10-8(2-4-12-10)5-7(1)9/h2,4-6,11H,1,3H2. The number of anilines is 1. The highest BCUT2D eigenvalue weighted by molar-refractivity contribution is 5.83. The van der Waals surface area contributed by atoms with Gasteiger partial charge in [0, 0.05) is 23.7 Å². The summed E-state index contributed by atoms with van der Waals surface area (Å²) in [6, 6.07) is 6.29. The predicted octanol–water partition coefficient (Wildman–Crippen LogP) is 2.40. The van der Waals surface area contributed by atoms with Crippen molar-refractivity contribution in [3.8, 4) is 0 Å². The van der Waals surface area contributed by atoms with Crippen molar-refractivity contribution < 1.29 is 4.42 Å². The van der Waals surface area contributed by atoms with E-state index in [0.29, 0.717) is 0 Å². The normalized spacial score (nSPS) is 14.7. The van der Waals surface area contributed by atoms with Gasteiger partial charge in [-0.25, -0.2) is 0 Å². The molecule has 2 heterocycles. The SMILES string of the molecule is c1cc2cc3c(cc2o1)NCC3. The van der Waals surface area contributed by atoms with Crippen molar-refractivity contribution in [3.05, 3.63) is 30.0 Å². The second-order valence-corrected chi connectivity index (χ2v) is 3.14. The van der Waals surface area contributed by atoms with Crippen LogP contribution in [0.3, 0.4) is 0 Å². The van der Waals surface area contributed by atoms with Crippen LogP contribution in [0.1, 0.15) is 5.56 Å². The summed E-state index contributed by atoms with van der Waals surface area (Å²) < 4.78 is 5.30. The van der Waals surface area contributed by atoms with Gasteiger partial charge in [-0.3, -0.25) is 0 Å². The molecule has 2 nitrogen and oxygen atoms in total. The van der Waals surface area contributed by atoms with Gasteiger partial charge in [0.05, 0.1) is 6.26 Å². The van der Waals surface area contributed by atoms with E-state index >= 15 is 0 Å². The first kappa shape index (κ1) is 6.12. The zero-order chi connectivity index (χ0) is 7.97. The summed E-state index contributed by atoms with van der Waals surface area (Å²) in [5.74, 6) is 0. The molecule has 0 unspecified atom stereocenters. The summed E-state index contributed by atoms with van der Waals surface area (Å²) in [4.78, 5) is 0. The molecule has 0 aliphatic carbocycles. The van der Waals surface area contributed by atoms with Crippen molar-refractivity contribution in [1.29, 1.82) is 0 Å². The highest BCUT2D eigenvalue weighted by Gasteiger charge is 2.11. The van der Waals surface area contributed by atoms with Gasteiger partial charge in [-0.15, -0.1) is 0 Å². The van der Waals surface area contributed by atoms with Crippen molar-refractivity contribution in [1.82, 2.24) is 0 Å². The van der Waals surface area contributed by atoms with E-state index in [-0.39, 0.29) is 0 Å². The molecule has 1 aromatic heterocycles. The molecule has 0 saturated carbocycles. The first-order valence-electron chi connectivity index (χ1n) is 4.17. The quantitative estimate of drug-likeness (QED) is 0.638. The molecule has 0 saturated heterocycles. The van der Waals surface area contributed by atoms with Gasteiger partial charge >= 0.3 is 0 Å². The minimum atomic E-state index is 0.975. The number of nitrogens with one attached hydrogen (secondary N) is 1. The molecule has 60 valence electrons. The number of fused-ring (bicyclic) bond motifs is 2. The number of hydrogen-bond acceptors (Lipinski definition) is 2. The molecule has 0 atom stereocenters. The van der Waals surface area contributed by atoms with Gasteiger partial charge in [-0.1, -0.05) is 0 Å². The van der Waals surface area contributed by atoms with E-state index < -0.39 is 0 Å². The lowest BCUT2D eigenvalue weighted by molar-refractivity contribution is 0.616. The van der Waals surface area contributed by atoms with Gasteiger partial charge in [0.15, 0.2) is 0 Å². The van der Waals surface area contributed by atoms with Crippen LogP contribution in [0.15, 0.2) is 28.9 Å². The lowest BCUT2D eigenvalue weighted by Crippen LogP contribution is -1.90. The molecule has 1 aliphatic rings. The van der Waals surface area contributed by atoms with Crippen LogP contribution >= 0.6 is 0 Å². The Morgan fingerprint density at radius 3 is 3.33 bits per heavy atom. The zero-order valence-corrected chi connectivity index (χ0v) is 6.63. The lowest BCUT2D eigenvalue weighted by Gasteiger charge is -1.97. The maximum atomic E-state index is 5.30. The number of benzene rings is 1. The van der Waals surface area contributed by atoms with E-state index in [1.165, 1.54) is 16.6 Å². The number of hydrogen-bond donors (Lipinski definition) is 1. The topological polar surface area (TPSA) is 25.2 Å². The third-order valence-electron chi connectivity index (χ3n) is 2.39. The van der Waals surface area contributed by atoms with Gasteiger partial charge in [-0.2, -0.15) is 0 Å². The molecule has 0 spiro atoms. The van der Waals surface area contributed by atoms with Crippen LogP contribution in [0.2, 0.25) is 0 Å². The summed E-state index contributed by atoms with van der Waals surface area (Å²) >= 11 is 0. The molecular formula is C10H9NO. The highest BCUT2D eigenvalue weighted by Crippen LogP contribution is 2.28. The van der Waals surface area contributed by atoms with Crippen LogP contribution in [-0.4, -0.2) is 6.54 Å². The van der Waals surface area contributed by atoms with Crippen molar-refractivity contribution >= 4 is 16.7 Å². The number of rotatable bonds is 0. The van der Waals surface area contributed by atoms with Crippen LogP contribution in [0.4, 0.5) is 5.69 Å². The summed E-state index contributed by atoms with van der Waals surface area (Å²) in [5.41, 5.74) is 3.62. The fourth-order valence-corrected chi connectivity index (χ4v) is 1.76. The van der Waals surface area contributed by atoms with Gasteiger partial charge in [-0.05, 0) is 24.1 Å². The zero-order valence-electron chi connectivity index (χ0n) is 6.63. The van der Waals surface area contributed by atoms with E-state index in [4.69, 9.17) is 4.42 Å². The summed E-state index contributed by atoms with van der Waals surface area (Å²) in [6.07, 6.45) is 2.87. The van der Waals surface area contributed by atoms with Crippen LogP contribution in [0, 0.1) is 0 Å². The monoisotopic (exact) mass is 159 g/mol. The van der Waals surface area contributed by atoms with Crippen LogP contribution in [0.5, 0.6) is 0 Å². The molecule has 0 bridgehead atoms. The first-order valence-corrected chi connectivity index (χ1v) is 4.17. The van der Waals surface area contributed by atoms with Crippen LogP contribution in [0.25, 0.3) is 11.0 Å². The van der Waals surface area contributed by atoms with E-state index in [0.717, 1.165) is 18.5 Å². The van der Waals surface area contributed by atoms with Crippen molar-refractivity contribution in [2.45, 2.75) is 6.42 Å². The molecule has 0 amide bonds. The fourth-order valence-electron chi connectivity index (χ4n) is 1.76. The van der Waals surface area contributed by atoms with Crippen molar-refractivity contribution in [2.24, 2.45) is 0 Å². The first-order chi connectivity index (χ1) is 5.93. The minimum Gasteiger partial charge on any atom is -0.464 e. The Bertz CT molecular complexity index is 392. The highest BCUT2D eigenvalue weighted by atomic mass is 16.3. The lowest BCUT2D eigenvalue weighted by atomic mass is 10.1. The predicted molar refractivity (Wildman–Crippen MR) is 48.4 cm³/mol. The third-order valence-corrected chi connectivity index (χ3v) is 2.39. The molecule has 1 N–H and O–H groups in total. The summed E-state index contributed by atoms with van der Waals surface area (Å²) in [7, 11) is 0. The van der Waals surface area contributed by atoms with E-state index in [2.05, 4.69) is 17.4 Å². The van der Waals surface area contributed by atoms with Crippen molar-refractivity contribution in [3.63, 3.8) is 0 Å². The molecule has 0 radical (unpaired) electrons. The van der Waals surface area contributed by atoms with Crippen LogP contribution in [-0.2, 0) is 6.42 Å². The average molecular weight is 159 g/mol. The summed E-state index contributed by atoms with van der Waals surface area (Å²) in [5, 5.41) is 4.53. The Kier molecular flexibility index (Phi) is 1.04. The summed E-state index contributed by atoms with van der Waals surface area (Å²) in [6.45, 7) is 1.06. The minimum absolute atomic E-state index is 0.975. The maximum Gasteiger partial charge on any atom is 0.135 e. The Balaban J connectivity index is 2.38. The maximum absolute atomic E-state index is 5.30. The molecule has 0 fully saturated rings. The second-order valence-electron chi connectivity index (χ2n) is 3.14. The third kappa shape index (κ3) is 0.694. The largest absolute Gasteiger partial charge is 0.464 e. The Morgan fingerprint density at radius 1 is 1.33 bits per heavy atom. The van der Waals surface area contributed by atoms with Gasteiger partial charge in [0.2, 0.25) is 0 Å². The fraction of sp³-hybridized carbons (Fsp3) is 0.200. The molecular weight excluding hydrogens is 150 g/mol. The Hall–Kier alpha value is -1.44. The molecule has 3 rings (SSSR count). The van der Waals surface area contributed by atoms with Crippen LogP contribution < -0.4 is 5.32 Å². The van der Waals surface area contributed by atoms with E-state index in [1.807, 2.05) is 6.07 Å². The smallest absolute Gasteiger partial charge is 0.135 e. The van der Waals surface area contributed by atoms with Gasteiger partial charge < -0.3 is 9.73 Å². The van der Waals surface area contributed by atoms with Gasteiger partial charge in [0.1, 0.15) is 5.58 Å². The molecule has 2 aromatic rings. The molecule has 12 heavy (non-hydrogen) atoms.